The van der Waals surface area contributed by atoms with Crippen LogP contribution in [0, 0.1) is 0 Å². The molecule has 1 aromatic heterocycles. The lowest BCUT2D eigenvalue weighted by atomic mass is 10.2. The van der Waals surface area contributed by atoms with Gasteiger partial charge in [-0.3, -0.25) is 0 Å². The molecule has 0 fully saturated rings. The molecule has 0 unspecified atom stereocenters. The van der Waals surface area contributed by atoms with Crippen LogP contribution in [-0.2, 0) is 0 Å². The van der Waals surface area contributed by atoms with E-state index in [9.17, 15) is 4.79 Å². The van der Waals surface area contributed by atoms with Gasteiger partial charge in [-0.1, -0.05) is 0 Å². The topological polar surface area (TPSA) is 57.9 Å². The molecular formula is C12H12O5. The summed E-state index contributed by atoms with van der Waals surface area (Å²) in [4.78, 5) is 11.5. The summed E-state index contributed by atoms with van der Waals surface area (Å²) in [5, 5.41) is 0.708. The second-order valence-electron chi connectivity index (χ2n) is 3.35. The average Bonchev–Trinajstić information content (AvgIpc) is 2.36. The van der Waals surface area contributed by atoms with Crippen LogP contribution in [0.4, 0.5) is 0 Å². The van der Waals surface area contributed by atoms with Crippen LogP contribution < -0.4 is 19.8 Å². The molecule has 0 saturated carbocycles. The SMILES string of the molecule is COc1cc2cc(OC)c(=O)oc2cc1OC. The molecule has 0 atom stereocenters. The van der Waals surface area contributed by atoms with Gasteiger partial charge in [0.15, 0.2) is 11.5 Å². The van der Waals surface area contributed by atoms with E-state index in [4.69, 9.17) is 18.6 Å². The van der Waals surface area contributed by atoms with Crippen molar-refractivity contribution in [2.45, 2.75) is 0 Å². The monoisotopic (exact) mass is 236 g/mol. The van der Waals surface area contributed by atoms with Gasteiger partial charge in [0.05, 0.1) is 21.3 Å². The minimum atomic E-state index is -0.521. The Morgan fingerprint density at radius 2 is 1.41 bits per heavy atom. The summed E-state index contributed by atoms with van der Waals surface area (Å²) in [6.07, 6.45) is 0. The minimum Gasteiger partial charge on any atom is -0.493 e. The van der Waals surface area contributed by atoms with E-state index in [1.165, 1.54) is 14.2 Å². The fraction of sp³-hybridized carbons (Fsp3) is 0.250. The Morgan fingerprint density at radius 3 is 2.00 bits per heavy atom. The van der Waals surface area contributed by atoms with Gasteiger partial charge in [0, 0.05) is 11.5 Å². The standard InChI is InChI=1S/C12H12O5/c1-14-9-4-7-5-11(16-3)12(13)17-8(7)6-10(9)15-2/h4-6H,1-3H3. The highest BCUT2D eigenvalue weighted by Gasteiger charge is 2.10. The van der Waals surface area contributed by atoms with Gasteiger partial charge in [0.25, 0.3) is 0 Å². The zero-order valence-electron chi connectivity index (χ0n) is 9.77. The highest BCUT2D eigenvalue weighted by atomic mass is 16.5. The Morgan fingerprint density at radius 1 is 0.882 bits per heavy atom. The first-order valence-electron chi connectivity index (χ1n) is 4.93. The lowest BCUT2D eigenvalue weighted by Gasteiger charge is -2.08. The molecule has 0 bridgehead atoms. The summed E-state index contributed by atoms with van der Waals surface area (Å²) < 4.78 is 20.3. The van der Waals surface area contributed by atoms with Crippen LogP contribution >= 0.6 is 0 Å². The minimum absolute atomic E-state index is 0.157. The van der Waals surface area contributed by atoms with E-state index < -0.39 is 5.63 Å². The lowest BCUT2D eigenvalue weighted by molar-refractivity contribution is 0.354. The quantitative estimate of drug-likeness (QED) is 0.761. The lowest BCUT2D eigenvalue weighted by Crippen LogP contribution is -2.03. The summed E-state index contributed by atoms with van der Waals surface area (Å²) in [6.45, 7) is 0. The number of rotatable bonds is 3. The number of hydrogen-bond donors (Lipinski definition) is 0. The Balaban J connectivity index is 2.74. The molecule has 0 amide bonds. The number of methoxy groups -OCH3 is 3. The summed E-state index contributed by atoms with van der Waals surface area (Å²) in [6, 6.07) is 4.93. The van der Waals surface area contributed by atoms with Crippen molar-refractivity contribution < 1.29 is 18.6 Å². The highest BCUT2D eigenvalue weighted by molar-refractivity contribution is 5.81. The second-order valence-corrected chi connectivity index (χ2v) is 3.35. The molecule has 90 valence electrons. The third-order valence-corrected chi connectivity index (χ3v) is 2.43. The molecule has 0 aliphatic carbocycles. The molecule has 1 aromatic carbocycles. The number of ether oxygens (including phenoxy) is 3. The molecule has 5 heteroatoms. The second kappa shape index (κ2) is 4.37. The normalized spacial score (nSPS) is 10.3. The third kappa shape index (κ3) is 1.91. The molecule has 0 saturated heterocycles. The summed E-state index contributed by atoms with van der Waals surface area (Å²) >= 11 is 0. The smallest absolute Gasteiger partial charge is 0.379 e. The van der Waals surface area contributed by atoms with Crippen molar-refractivity contribution in [3.8, 4) is 17.2 Å². The molecule has 0 N–H and O–H groups in total. The molecular weight excluding hydrogens is 224 g/mol. The van der Waals surface area contributed by atoms with Gasteiger partial charge in [-0.15, -0.1) is 0 Å². The Hall–Kier alpha value is -2.17. The Labute approximate surface area is 97.5 Å². The third-order valence-electron chi connectivity index (χ3n) is 2.43. The van der Waals surface area contributed by atoms with Crippen molar-refractivity contribution >= 4 is 11.0 Å². The molecule has 5 nitrogen and oxygen atoms in total. The van der Waals surface area contributed by atoms with Crippen molar-refractivity contribution in [3.63, 3.8) is 0 Å². The predicted molar refractivity (Wildman–Crippen MR) is 62.1 cm³/mol. The van der Waals surface area contributed by atoms with E-state index in [2.05, 4.69) is 0 Å². The molecule has 2 rings (SSSR count). The van der Waals surface area contributed by atoms with Gasteiger partial charge < -0.3 is 18.6 Å². The van der Waals surface area contributed by atoms with Gasteiger partial charge in [-0.2, -0.15) is 0 Å². The first-order chi connectivity index (χ1) is 8.19. The fourth-order valence-electron chi connectivity index (χ4n) is 1.57. The zero-order valence-corrected chi connectivity index (χ0v) is 9.77. The first-order valence-corrected chi connectivity index (χ1v) is 4.93. The zero-order chi connectivity index (χ0) is 12.4. The molecule has 0 radical (unpaired) electrons. The molecule has 17 heavy (non-hydrogen) atoms. The van der Waals surface area contributed by atoms with Crippen LogP contribution in [0.3, 0.4) is 0 Å². The van der Waals surface area contributed by atoms with Crippen LogP contribution in [0.2, 0.25) is 0 Å². The maximum atomic E-state index is 11.5. The van der Waals surface area contributed by atoms with Crippen molar-refractivity contribution in [2.24, 2.45) is 0 Å². The average molecular weight is 236 g/mol. The van der Waals surface area contributed by atoms with E-state index in [1.54, 1.807) is 25.3 Å². The molecule has 1 heterocycles. The number of fused-ring (bicyclic) bond motifs is 1. The fourth-order valence-corrected chi connectivity index (χ4v) is 1.57. The van der Waals surface area contributed by atoms with Crippen LogP contribution in [-0.4, -0.2) is 21.3 Å². The van der Waals surface area contributed by atoms with Crippen LogP contribution in [0.25, 0.3) is 11.0 Å². The number of hydrogen-bond acceptors (Lipinski definition) is 5. The summed E-state index contributed by atoms with van der Waals surface area (Å²) in [5.41, 5.74) is -0.0966. The number of benzene rings is 1. The molecule has 0 aliphatic rings. The van der Waals surface area contributed by atoms with E-state index in [1.807, 2.05) is 0 Å². The van der Waals surface area contributed by atoms with Gasteiger partial charge in [0.2, 0.25) is 5.75 Å². The summed E-state index contributed by atoms with van der Waals surface area (Å²) in [5.74, 6) is 1.23. The van der Waals surface area contributed by atoms with Gasteiger partial charge in [-0.25, -0.2) is 4.79 Å². The van der Waals surface area contributed by atoms with Crippen molar-refractivity contribution in [2.75, 3.05) is 21.3 Å². The van der Waals surface area contributed by atoms with Crippen molar-refractivity contribution in [1.29, 1.82) is 0 Å². The Kier molecular flexibility index (Phi) is 2.91. The van der Waals surface area contributed by atoms with Gasteiger partial charge in [-0.05, 0) is 12.1 Å². The largest absolute Gasteiger partial charge is 0.493 e. The van der Waals surface area contributed by atoms with Crippen LogP contribution in [0.5, 0.6) is 17.2 Å². The maximum Gasteiger partial charge on any atom is 0.379 e. The van der Waals surface area contributed by atoms with Gasteiger partial charge in [0.1, 0.15) is 5.58 Å². The maximum absolute atomic E-state index is 11.5. The van der Waals surface area contributed by atoms with Gasteiger partial charge >= 0.3 is 5.63 Å². The highest BCUT2D eigenvalue weighted by Crippen LogP contribution is 2.32. The predicted octanol–water partition coefficient (Wildman–Crippen LogP) is 1.82. The molecule has 0 spiro atoms. The van der Waals surface area contributed by atoms with Crippen molar-refractivity contribution in [1.82, 2.24) is 0 Å². The Bertz CT molecular complexity index is 600. The summed E-state index contributed by atoms with van der Waals surface area (Å²) in [7, 11) is 4.48. The van der Waals surface area contributed by atoms with E-state index >= 15 is 0 Å². The van der Waals surface area contributed by atoms with E-state index in [0.29, 0.717) is 22.5 Å². The van der Waals surface area contributed by atoms with E-state index in [0.717, 1.165) is 0 Å². The molecule has 2 aromatic rings. The van der Waals surface area contributed by atoms with E-state index in [-0.39, 0.29) is 5.75 Å². The van der Waals surface area contributed by atoms with Crippen molar-refractivity contribution in [3.05, 3.63) is 28.6 Å². The molecule has 0 aliphatic heterocycles. The first kappa shape index (κ1) is 11.3. The van der Waals surface area contributed by atoms with Crippen LogP contribution in [0.15, 0.2) is 27.4 Å². The van der Waals surface area contributed by atoms with Crippen LogP contribution in [0.1, 0.15) is 0 Å².